The van der Waals surface area contributed by atoms with Crippen molar-refractivity contribution in [2.75, 3.05) is 24.9 Å². The van der Waals surface area contributed by atoms with Crippen molar-refractivity contribution in [1.82, 2.24) is 34.6 Å². The smallest absolute Gasteiger partial charge is 0.323 e. The van der Waals surface area contributed by atoms with E-state index in [0.29, 0.717) is 28.5 Å². The van der Waals surface area contributed by atoms with Crippen molar-refractivity contribution in [2.45, 2.75) is 19.1 Å². The van der Waals surface area contributed by atoms with Gasteiger partial charge in [-0.3, -0.25) is 0 Å². The van der Waals surface area contributed by atoms with E-state index >= 15 is 0 Å². The average molecular weight is 492 g/mol. The lowest BCUT2D eigenvalue weighted by Crippen LogP contribution is -2.26. The number of rotatable bonds is 7. The first-order valence-corrected chi connectivity index (χ1v) is 10.4. The summed E-state index contributed by atoms with van der Waals surface area (Å²) in [4.78, 5) is 22.6. The van der Waals surface area contributed by atoms with Crippen molar-refractivity contribution in [3.05, 3.63) is 52.8 Å². The Balaban J connectivity index is 1.61. The number of amides is 2. The van der Waals surface area contributed by atoms with E-state index in [1.165, 1.54) is 47.3 Å². The second-order valence-electron chi connectivity index (χ2n) is 6.82. The molecule has 0 aromatic carbocycles. The number of hydrogen-bond donors (Lipinski definition) is 2. The Bertz CT molecular complexity index is 1280. The van der Waals surface area contributed by atoms with Gasteiger partial charge in [0, 0.05) is 20.3 Å². The van der Waals surface area contributed by atoms with Crippen molar-refractivity contribution < 1.29 is 14.3 Å². The van der Waals surface area contributed by atoms with E-state index in [4.69, 9.17) is 32.7 Å². The second-order valence-corrected chi connectivity index (χ2v) is 7.61. The van der Waals surface area contributed by atoms with E-state index in [0.717, 1.165) is 0 Å². The van der Waals surface area contributed by atoms with Gasteiger partial charge in [-0.25, -0.2) is 19.3 Å². The van der Waals surface area contributed by atoms with Crippen LogP contribution in [0, 0.1) is 0 Å². The Morgan fingerprint density at radius 1 is 1.06 bits per heavy atom. The first-order valence-electron chi connectivity index (χ1n) is 9.61. The maximum Gasteiger partial charge on any atom is 0.323 e. The van der Waals surface area contributed by atoms with Gasteiger partial charge in [-0.2, -0.15) is 15.3 Å². The summed E-state index contributed by atoms with van der Waals surface area (Å²) in [5.74, 6) is 0.330. The van der Waals surface area contributed by atoms with Crippen LogP contribution in [-0.2, 0) is 9.47 Å². The standard InChI is InChI=1S/C19H19Cl2N9O3/c1-10(32-2)17(33-3)16-13(9-22-15-7-14(21)28-29(15)16)27-19(31)26-11-6-12(20)18(23-8-11)30-24-4-5-25-30/h4-10,17H,1-3H3,(H2,26,27,31)/t10?,17-/m0/s1. The third-order valence-corrected chi connectivity index (χ3v) is 5.21. The number of ether oxygens (including phenoxy) is 2. The number of fused-ring (bicyclic) bond motifs is 1. The van der Waals surface area contributed by atoms with E-state index in [9.17, 15) is 4.79 Å². The molecule has 4 heterocycles. The largest absolute Gasteiger partial charge is 0.379 e. The predicted molar refractivity (Wildman–Crippen MR) is 121 cm³/mol. The molecule has 0 fully saturated rings. The molecule has 0 saturated carbocycles. The van der Waals surface area contributed by atoms with Crippen LogP contribution in [0.4, 0.5) is 16.2 Å². The third kappa shape index (κ3) is 4.73. The van der Waals surface area contributed by atoms with Crippen LogP contribution in [0.25, 0.3) is 11.5 Å². The maximum absolute atomic E-state index is 12.8. The predicted octanol–water partition coefficient (Wildman–Crippen LogP) is 3.38. The van der Waals surface area contributed by atoms with Gasteiger partial charge in [0.25, 0.3) is 0 Å². The minimum Gasteiger partial charge on any atom is -0.379 e. The number of nitrogens with one attached hydrogen (secondary N) is 2. The molecule has 4 rings (SSSR count). The molecule has 2 atom stereocenters. The molecule has 0 aliphatic heterocycles. The van der Waals surface area contributed by atoms with E-state index in [1.54, 1.807) is 13.2 Å². The molecule has 33 heavy (non-hydrogen) atoms. The molecule has 0 spiro atoms. The highest BCUT2D eigenvalue weighted by Gasteiger charge is 2.27. The third-order valence-electron chi connectivity index (χ3n) is 4.75. The highest BCUT2D eigenvalue weighted by molar-refractivity contribution is 6.32. The molecule has 1 unspecified atom stereocenters. The Morgan fingerprint density at radius 2 is 1.82 bits per heavy atom. The van der Waals surface area contributed by atoms with E-state index in [2.05, 4.69) is 35.9 Å². The van der Waals surface area contributed by atoms with Crippen LogP contribution in [0.2, 0.25) is 10.2 Å². The number of pyridine rings is 1. The topological polar surface area (TPSA) is 133 Å². The summed E-state index contributed by atoms with van der Waals surface area (Å²) in [6.07, 6.45) is 5.00. The van der Waals surface area contributed by atoms with Crippen LogP contribution < -0.4 is 10.6 Å². The van der Waals surface area contributed by atoms with Gasteiger partial charge in [-0.05, 0) is 13.0 Å². The normalized spacial score (nSPS) is 13.1. The first kappa shape index (κ1) is 22.9. The van der Waals surface area contributed by atoms with Crippen LogP contribution in [-0.4, -0.2) is 60.9 Å². The average Bonchev–Trinajstić information content (AvgIpc) is 3.44. The SMILES string of the molecule is COC(C)[C@H](OC)c1c(NC(=O)Nc2cnc(-n3nccn3)c(Cl)c2)cnc2cc(Cl)nn12. The number of carbonyl (C=O) groups is 1. The Morgan fingerprint density at radius 3 is 2.48 bits per heavy atom. The second kappa shape index (κ2) is 9.67. The molecular formula is C19H19Cl2N9O3. The quantitative estimate of drug-likeness (QED) is 0.401. The highest BCUT2D eigenvalue weighted by Crippen LogP contribution is 2.30. The van der Waals surface area contributed by atoms with Crippen molar-refractivity contribution >= 4 is 46.3 Å². The summed E-state index contributed by atoms with van der Waals surface area (Å²) in [6.45, 7) is 1.83. The zero-order valence-corrected chi connectivity index (χ0v) is 19.2. The fourth-order valence-electron chi connectivity index (χ4n) is 3.20. The molecule has 0 saturated heterocycles. The monoisotopic (exact) mass is 491 g/mol. The minimum atomic E-state index is -0.580. The highest BCUT2D eigenvalue weighted by atomic mass is 35.5. The molecule has 0 aliphatic carbocycles. The first-order chi connectivity index (χ1) is 15.9. The summed E-state index contributed by atoms with van der Waals surface area (Å²) >= 11 is 12.3. The number of hydrogen-bond acceptors (Lipinski definition) is 8. The lowest BCUT2D eigenvalue weighted by molar-refractivity contribution is -0.0305. The van der Waals surface area contributed by atoms with E-state index < -0.39 is 12.1 Å². The van der Waals surface area contributed by atoms with Crippen LogP contribution in [0.3, 0.4) is 0 Å². The molecule has 12 nitrogen and oxygen atoms in total. The molecule has 4 aromatic heterocycles. The minimum absolute atomic E-state index is 0.248. The zero-order chi connectivity index (χ0) is 23.5. The van der Waals surface area contributed by atoms with Crippen molar-refractivity contribution in [1.29, 1.82) is 0 Å². The van der Waals surface area contributed by atoms with Gasteiger partial charge in [-0.1, -0.05) is 23.2 Å². The molecule has 4 aromatic rings. The van der Waals surface area contributed by atoms with Gasteiger partial charge in [0.15, 0.2) is 16.6 Å². The van der Waals surface area contributed by atoms with Gasteiger partial charge in [-0.15, -0.1) is 4.80 Å². The molecule has 0 aliphatic rings. The van der Waals surface area contributed by atoms with Crippen molar-refractivity contribution in [3.63, 3.8) is 0 Å². The number of urea groups is 1. The van der Waals surface area contributed by atoms with Crippen molar-refractivity contribution in [2.24, 2.45) is 0 Å². The lowest BCUT2D eigenvalue weighted by Gasteiger charge is -2.24. The fraction of sp³-hybridized carbons (Fsp3) is 0.263. The number of aromatic nitrogens is 7. The van der Waals surface area contributed by atoms with E-state index in [1.807, 2.05) is 6.92 Å². The summed E-state index contributed by atoms with van der Waals surface area (Å²) in [6, 6.07) is 2.58. The van der Waals surface area contributed by atoms with Crippen LogP contribution >= 0.6 is 23.2 Å². The molecule has 0 bridgehead atoms. The Labute approximate surface area is 197 Å². The van der Waals surface area contributed by atoms with Gasteiger partial charge in [0.2, 0.25) is 0 Å². The maximum atomic E-state index is 12.8. The number of carbonyl (C=O) groups excluding carboxylic acids is 1. The van der Waals surface area contributed by atoms with Gasteiger partial charge < -0.3 is 20.1 Å². The summed E-state index contributed by atoms with van der Waals surface area (Å²) in [7, 11) is 3.09. The van der Waals surface area contributed by atoms with Crippen LogP contribution in [0.15, 0.2) is 36.9 Å². The molecule has 172 valence electrons. The van der Waals surface area contributed by atoms with Crippen LogP contribution in [0.5, 0.6) is 0 Å². The van der Waals surface area contributed by atoms with Gasteiger partial charge >= 0.3 is 6.03 Å². The van der Waals surface area contributed by atoms with Gasteiger partial charge in [0.05, 0.1) is 47.3 Å². The molecule has 2 amide bonds. The summed E-state index contributed by atoms with van der Waals surface area (Å²) < 4.78 is 12.6. The van der Waals surface area contributed by atoms with Gasteiger partial charge in [0.1, 0.15) is 11.8 Å². The molecule has 2 N–H and O–H groups in total. The van der Waals surface area contributed by atoms with E-state index in [-0.39, 0.29) is 16.3 Å². The summed E-state index contributed by atoms with van der Waals surface area (Å²) in [5.41, 5.74) is 1.71. The number of nitrogens with zero attached hydrogens (tertiary/aromatic N) is 7. The van der Waals surface area contributed by atoms with Crippen molar-refractivity contribution in [3.8, 4) is 5.82 Å². The van der Waals surface area contributed by atoms with Crippen LogP contribution in [0.1, 0.15) is 18.7 Å². The molecule has 0 radical (unpaired) electrons. The lowest BCUT2D eigenvalue weighted by atomic mass is 10.1. The Kier molecular flexibility index (Phi) is 6.70. The number of methoxy groups -OCH3 is 2. The number of halogens is 2. The summed E-state index contributed by atoms with van der Waals surface area (Å²) in [5, 5.41) is 18.2. The zero-order valence-electron chi connectivity index (χ0n) is 17.7. The molecule has 14 heteroatoms. The fourth-order valence-corrected chi connectivity index (χ4v) is 3.61. The Hall–Kier alpha value is -3.32. The number of anilines is 2. The molecular weight excluding hydrogens is 473 g/mol.